The van der Waals surface area contributed by atoms with E-state index in [0.717, 1.165) is 25.7 Å². The Bertz CT molecular complexity index is 551. The molecule has 112 valence electrons. The largest absolute Gasteiger partial charge is 0.396 e. The van der Waals surface area contributed by atoms with Crippen molar-refractivity contribution in [3.05, 3.63) is 24.3 Å². The van der Waals surface area contributed by atoms with Crippen LogP contribution in [0, 0.1) is 5.41 Å². The zero-order valence-electron chi connectivity index (χ0n) is 11.7. The summed E-state index contributed by atoms with van der Waals surface area (Å²) in [5.41, 5.74) is 0.470. The summed E-state index contributed by atoms with van der Waals surface area (Å²) in [5.74, 6) is 0. The van der Waals surface area contributed by atoms with E-state index in [1.54, 1.807) is 24.3 Å². The molecule has 0 aromatic heterocycles. The first kappa shape index (κ1) is 15.3. The van der Waals surface area contributed by atoms with Crippen molar-refractivity contribution in [2.24, 2.45) is 5.41 Å². The summed E-state index contributed by atoms with van der Waals surface area (Å²) in [7, 11) is -2.07. The number of hydrogen-bond acceptors (Lipinski definition) is 4. The highest BCUT2D eigenvalue weighted by Gasteiger charge is 2.33. The molecule has 5 nitrogen and oxygen atoms in total. The molecule has 6 heteroatoms. The van der Waals surface area contributed by atoms with Crippen LogP contribution in [0.1, 0.15) is 25.7 Å². The van der Waals surface area contributed by atoms with Crippen LogP contribution < -0.4 is 10.0 Å². The molecule has 1 aromatic carbocycles. The molecule has 1 aromatic rings. The molecule has 1 fully saturated rings. The summed E-state index contributed by atoms with van der Waals surface area (Å²) in [6.45, 7) is 0.737. The van der Waals surface area contributed by atoms with Crippen LogP contribution in [0.5, 0.6) is 0 Å². The van der Waals surface area contributed by atoms with Gasteiger partial charge in [0.15, 0.2) is 0 Å². The van der Waals surface area contributed by atoms with Crippen molar-refractivity contribution in [3.8, 4) is 0 Å². The molecule has 1 aliphatic carbocycles. The molecule has 2 rings (SSSR count). The summed E-state index contributed by atoms with van der Waals surface area (Å²) in [6, 6.07) is 6.84. The highest BCUT2D eigenvalue weighted by Crippen LogP contribution is 2.38. The van der Waals surface area contributed by atoms with Crippen molar-refractivity contribution in [3.63, 3.8) is 0 Å². The summed E-state index contributed by atoms with van der Waals surface area (Å²) in [6.07, 6.45) is 4.21. The number of hydrogen-bond donors (Lipinski definition) is 3. The first-order chi connectivity index (χ1) is 9.53. The van der Waals surface area contributed by atoms with E-state index < -0.39 is 10.0 Å². The molecule has 0 aliphatic heterocycles. The fraction of sp³-hybridized carbons (Fsp3) is 0.571. The molecule has 3 N–H and O–H groups in total. The van der Waals surface area contributed by atoms with Crippen LogP contribution in [0.3, 0.4) is 0 Å². The lowest BCUT2D eigenvalue weighted by Crippen LogP contribution is -2.31. The SMILES string of the molecule is CNS(=O)(=O)c1ccccc1NCC1(CO)CCCC1. The highest BCUT2D eigenvalue weighted by atomic mass is 32.2. The molecular formula is C14H22N2O3S. The Morgan fingerprint density at radius 3 is 2.50 bits per heavy atom. The van der Waals surface area contributed by atoms with Crippen LogP contribution in [0.4, 0.5) is 5.69 Å². The van der Waals surface area contributed by atoms with Crippen LogP contribution in [0.2, 0.25) is 0 Å². The molecule has 0 amide bonds. The number of sulfonamides is 1. The average Bonchev–Trinajstić information content (AvgIpc) is 2.95. The van der Waals surface area contributed by atoms with Crippen LogP contribution in [-0.4, -0.2) is 33.7 Å². The number of nitrogens with one attached hydrogen (secondary N) is 2. The summed E-state index contributed by atoms with van der Waals surface area (Å²) in [4.78, 5) is 0.244. The van der Waals surface area contributed by atoms with Crippen molar-refractivity contribution >= 4 is 15.7 Å². The smallest absolute Gasteiger partial charge is 0.242 e. The second kappa shape index (κ2) is 6.11. The van der Waals surface area contributed by atoms with Gasteiger partial charge in [-0.2, -0.15) is 0 Å². The highest BCUT2D eigenvalue weighted by molar-refractivity contribution is 7.89. The van der Waals surface area contributed by atoms with Crippen molar-refractivity contribution < 1.29 is 13.5 Å². The number of benzene rings is 1. The first-order valence-electron chi connectivity index (χ1n) is 6.90. The minimum atomic E-state index is -3.48. The summed E-state index contributed by atoms with van der Waals surface area (Å²) in [5, 5.41) is 12.8. The standard InChI is InChI=1S/C14H22N2O3S/c1-15-20(18,19)13-7-3-2-6-12(13)16-10-14(11-17)8-4-5-9-14/h2-3,6-7,15-17H,4-5,8-11H2,1H3. The Balaban J connectivity index is 2.18. The number of aliphatic hydroxyl groups excluding tert-OH is 1. The van der Waals surface area contributed by atoms with E-state index in [-0.39, 0.29) is 16.9 Å². The molecule has 1 aliphatic rings. The molecule has 20 heavy (non-hydrogen) atoms. The second-order valence-corrected chi connectivity index (χ2v) is 7.28. The van der Waals surface area contributed by atoms with Crippen molar-refractivity contribution in [2.75, 3.05) is 25.5 Å². The quantitative estimate of drug-likeness (QED) is 0.745. The van der Waals surface area contributed by atoms with Gasteiger partial charge in [-0.15, -0.1) is 0 Å². The van der Waals surface area contributed by atoms with Crippen LogP contribution in [0.25, 0.3) is 0 Å². The van der Waals surface area contributed by atoms with Gasteiger partial charge in [0, 0.05) is 12.0 Å². The number of para-hydroxylation sites is 1. The molecule has 0 bridgehead atoms. The Hall–Kier alpha value is -1.11. The third-order valence-electron chi connectivity index (χ3n) is 4.10. The van der Waals surface area contributed by atoms with E-state index in [0.29, 0.717) is 12.2 Å². The molecule has 0 spiro atoms. The fourth-order valence-electron chi connectivity index (χ4n) is 2.76. The normalized spacial score (nSPS) is 18.1. The van der Waals surface area contributed by atoms with E-state index in [2.05, 4.69) is 10.0 Å². The zero-order chi connectivity index (χ0) is 14.6. The Kier molecular flexibility index (Phi) is 4.67. The Labute approximate surface area is 120 Å². The molecule has 1 saturated carbocycles. The van der Waals surface area contributed by atoms with Gasteiger partial charge < -0.3 is 10.4 Å². The van der Waals surface area contributed by atoms with E-state index in [9.17, 15) is 13.5 Å². The second-order valence-electron chi connectivity index (χ2n) is 5.42. The minimum Gasteiger partial charge on any atom is -0.396 e. The minimum absolute atomic E-state index is 0.115. The predicted molar refractivity (Wildman–Crippen MR) is 79.2 cm³/mol. The van der Waals surface area contributed by atoms with E-state index >= 15 is 0 Å². The van der Waals surface area contributed by atoms with Crippen molar-refractivity contribution in [2.45, 2.75) is 30.6 Å². The summed E-state index contributed by atoms with van der Waals surface area (Å²) < 4.78 is 26.3. The third kappa shape index (κ3) is 3.13. The lowest BCUT2D eigenvalue weighted by atomic mass is 9.87. The third-order valence-corrected chi connectivity index (χ3v) is 5.57. The summed E-state index contributed by atoms with van der Waals surface area (Å²) >= 11 is 0. The van der Waals surface area contributed by atoms with Gasteiger partial charge in [0.2, 0.25) is 10.0 Å². The van der Waals surface area contributed by atoms with Crippen molar-refractivity contribution in [1.29, 1.82) is 0 Å². The Morgan fingerprint density at radius 2 is 1.90 bits per heavy atom. The van der Waals surface area contributed by atoms with Gasteiger partial charge in [-0.1, -0.05) is 25.0 Å². The van der Waals surface area contributed by atoms with Crippen molar-refractivity contribution in [1.82, 2.24) is 4.72 Å². The zero-order valence-corrected chi connectivity index (χ0v) is 12.5. The van der Waals surface area contributed by atoms with Crippen LogP contribution in [0.15, 0.2) is 29.2 Å². The maximum atomic E-state index is 12.0. The van der Waals surface area contributed by atoms with Crippen LogP contribution in [-0.2, 0) is 10.0 Å². The molecule has 0 unspecified atom stereocenters. The predicted octanol–water partition coefficient (Wildman–Crippen LogP) is 1.56. The molecule has 0 heterocycles. The number of rotatable bonds is 6. The van der Waals surface area contributed by atoms with E-state index in [1.807, 2.05) is 0 Å². The molecule has 0 saturated heterocycles. The first-order valence-corrected chi connectivity index (χ1v) is 8.39. The topological polar surface area (TPSA) is 78.4 Å². The number of aliphatic hydroxyl groups is 1. The van der Waals surface area contributed by atoms with Gasteiger partial charge in [0.1, 0.15) is 4.90 Å². The van der Waals surface area contributed by atoms with Crippen LogP contribution >= 0.6 is 0 Å². The van der Waals surface area contributed by atoms with E-state index in [1.165, 1.54) is 7.05 Å². The molecule has 0 radical (unpaired) electrons. The van der Waals surface area contributed by atoms with E-state index in [4.69, 9.17) is 0 Å². The number of anilines is 1. The van der Waals surface area contributed by atoms with Gasteiger partial charge in [-0.05, 0) is 32.0 Å². The van der Waals surface area contributed by atoms with Gasteiger partial charge in [0.25, 0.3) is 0 Å². The monoisotopic (exact) mass is 298 g/mol. The lowest BCUT2D eigenvalue weighted by molar-refractivity contribution is 0.142. The van der Waals surface area contributed by atoms with Gasteiger partial charge in [-0.25, -0.2) is 13.1 Å². The lowest BCUT2D eigenvalue weighted by Gasteiger charge is -2.27. The molecule has 0 atom stereocenters. The Morgan fingerprint density at radius 1 is 1.25 bits per heavy atom. The maximum Gasteiger partial charge on any atom is 0.242 e. The van der Waals surface area contributed by atoms with Gasteiger partial charge in [0.05, 0.1) is 12.3 Å². The molecular weight excluding hydrogens is 276 g/mol. The fourth-order valence-corrected chi connectivity index (χ4v) is 3.66. The van der Waals surface area contributed by atoms with Gasteiger partial charge >= 0.3 is 0 Å². The maximum absolute atomic E-state index is 12.0. The average molecular weight is 298 g/mol. The van der Waals surface area contributed by atoms with Gasteiger partial charge in [-0.3, -0.25) is 0 Å².